The van der Waals surface area contributed by atoms with E-state index >= 15 is 0 Å². The third kappa shape index (κ3) is 2.88. The number of halogens is 1. The minimum absolute atomic E-state index is 0.325. The largest absolute Gasteiger partial charge is 0.397 e. The number of aryl methyl sites for hydroxylation is 2. The first-order chi connectivity index (χ1) is 8.97. The summed E-state index contributed by atoms with van der Waals surface area (Å²) in [6.07, 6.45) is 1.49. The SMILES string of the molecule is Cc1cc(NC(=O)c2ccc(F)cc2C)ncc1N. The van der Waals surface area contributed by atoms with Crippen LogP contribution >= 0.6 is 0 Å². The number of hydrogen-bond acceptors (Lipinski definition) is 3. The second-order valence-electron chi connectivity index (χ2n) is 4.34. The molecule has 0 saturated carbocycles. The van der Waals surface area contributed by atoms with Crippen molar-refractivity contribution in [3.63, 3.8) is 0 Å². The van der Waals surface area contributed by atoms with E-state index in [1.807, 2.05) is 6.92 Å². The summed E-state index contributed by atoms with van der Waals surface area (Å²) in [5.41, 5.74) is 8.04. The Labute approximate surface area is 110 Å². The molecule has 2 rings (SSSR count). The van der Waals surface area contributed by atoms with Crippen LogP contribution in [0.3, 0.4) is 0 Å². The molecule has 19 heavy (non-hydrogen) atoms. The summed E-state index contributed by atoms with van der Waals surface area (Å²) in [6, 6.07) is 5.70. The number of carbonyl (C=O) groups is 1. The molecule has 98 valence electrons. The van der Waals surface area contributed by atoms with Crippen molar-refractivity contribution in [2.24, 2.45) is 0 Å². The molecule has 0 atom stereocenters. The van der Waals surface area contributed by atoms with Gasteiger partial charge >= 0.3 is 0 Å². The summed E-state index contributed by atoms with van der Waals surface area (Å²) in [5.74, 6) is -0.273. The average molecular weight is 259 g/mol. The number of nitrogens with two attached hydrogens (primary N) is 1. The maximum absolute atomic E-state index is 13.0. The molecule has 0 spiro atoms. The Morgan fingerprint density at radius 2 is 2.00 bits per heavy atom. The van der Waals surface area contributed by atoms with Crippen molar-refractivity contribution in [3.8, 4) is 0 Å². The van der Waals surface area contributed by atoms with Crippen molar-refractivity contribution >= 4 is 17.4 Å². The number of benzene rings is 1. The van der Waals surface area contributed by atoms with E-state index in [1.165, 1.54) is 24.4 Å². The Balaban J connectivity index is 2.23. The maximum atomic E-state index is 13.0. The second kappa shape index (κ2) is 5.06. The Morgan fingerprint density at radius 3 is 2.63 bits per heavy atom. The number of pyridine rings is 1. The molecular formula is C14H14FN3O. The Kier molecular flexibility index (Phi) is 3.46. The van der Waals surface area contributed by atoms with Gasteiger partial charge < -0.3 is 11.1 Å². The van der Waals surface area contributed by atoms with Crippen LogP contribution in [-0.2, 0) is 0 Å². The van der Waals surface area contributed by atoms with E-state index in [4.69, 9.17) is 5.73 Å². The van der Waals surface area contributed by atoms with Crippen LogP contribution < -0.4 is 11.1 Å². The van der Waals surface area contributed by atoms with Crippen LogP contribution in [0.5, 0.6) is 0 Å². The number of nitrogen functional groups attached to an aromatic ring is 1. The van der Waals surface area contributed by atoms with Gasteiger partial charge in [-0.1, -0.05) is 0 Å². The highest BCUT2D eigenvalue weighted by atomic mass is 19.1. The van der Waals surface area contributed by atoms with Gasteiger partial charge in [0.2, 0.25) is 0 Å². The first kappa shape index (κ1) is 13.0. The van der Waals surface area contributed by atoms with E-state index in [9.17, 15) is 9.18 Å². The minimum atomic E-state index is -0.365. The molecule has 1 aromatic carbocycles. The number of aromatic nitrogens is 1. The summed E-state index contributed by atoms with van der Waals surface area (Å²) >= 11 is 0. The molecular weight excluding hydrogens is 245 g/mol. The highest BCUT2D eigenvalue weighted by Gasteiger charge is 2.10. The standard InChI is InChI=1S/C14H14FN3O/c1-8-5-10(15)3-4-11(8)14(19)18-13-6-9(2)12(16)7-17-13/h3-7H,16H2,1-2H3,(H,17,18,19). The number of amides is 1. The van der Waals surface area contributed by atoms with Crippen LogP contribution in [0.2, 0.25) is 0 Å². The quantitative estimate of drug-likeness (QED) is 0.871. The molecule has 0 aliphatic carbocycles. The zero-order chi connectivity index (χ0) is 14.0. The molecule has 0 saturated heterocycles. The first-order valence-corrected chi connectivity index (χ1v) is 5.77. The van der Waals surface area contributed by atoms with Gasteiger partial charge in [-0.2, -0.15) is 0 Å². The molecule has 0 radical (unpaired) electrons. The molecule has 2 aromatic rings. The zero-order valence-electron chi connectivity index (χ0n) is 10.7. The van der Waals surface area contributed by atoms with Crippen molar-refractivity contribution in [1.82, 2.24) is 4.98 Å². The summed E-state index contributed by atoms with van der Waals surface area (Å²) in [5, 5.41) is 2.66. The van der Waals surface area contributed by atoms with Crippen molar-refractivity contribution in [2.45, 2.75) is 13.8 Å². The van der Waals surface area contributed by atoms with E-state index in [0.29, 0.717) is 22.6 Å². The average Bonchev–Trinajstić information content (AvgIpc) is 2.33. The molecule has 4 nitrogen and oxygen atoms in total. The molecule has 3 N–H and O–H groups in total. The number of rotatable bonds is 2. The minimum Gasteiger partial charge on any atom is -0.397 e. The predicted octanol–water partition coefficient (Wildman–Crippen LogP) is 2.67. The van der Waals surface area contributed by atoms with Gasteiger partial charge in [0, 0.05) is 5.56 Å². The smallest absolute Gasteiger partial charge is 0.257 e. The molecule has 1 heterocycles. The van der Waals surface area contributed by atoms with Crippen LogP contribution in [0.4, 0.5) is 15.9 Å². The summed E-state index contributed by atoms with van der Waals surface area (Å²) in [4.78, 5) is 16.1. The molecule has 0 fully saturated rings. The topological polar surface area (TPSA) is 68.0 Å². The lowest BCUT2D eigenvalue weighted by molar-refractivity contribution is 0.102. The number of nitrogens with zero attached hydrogens (tertiary/aromatic N) is 1. The van der Waals surface area contributed by atoms with Crippen LogP contribution in [-0.4, -0.2) is 10.9 Å². The van der Waals surface area contributed by atoms with Gasteiger partial charge in [0.1, 0.15) is 11.6 Å². The van der Waals surface area contributed by atoms with Gasteiger partial charge in [-0.25, -0.2) is 9.37 Å². The molecule has 1 amide bonds. The molecule has 0 aliphatic rings. The third-order valence-electron chi connectivity index (χ3n) is 2.83. The van der Waals surface area contributed by atoms with Crippen LogP contribution in [0.25, 0.3) is 0 Å². The van der Waals surface area contributed by atoms with Crippen molar-refractivity contribution in [2.75, 3.05) is 11.1 Å². The van der Waals surface area contributed by atoms with Crippen LogP contribution in [0, 0.1) is 19.7 Å². The highest BCUT2D eigenvalue weighted by molar-refractivity contribution is 6.04. The lowest BCUT2D eigenvalue weighted by Crippen LogP contribution is -2.14. The van der Waals surface area contributed by atoms with Gasteiger partial charge in [-0.3, -0.25) is 4.79 Å². The fraction of sp³-hybridized carbons (Fsp3) is 0.143. The zero-order valence-corrected chi connectivity index (χ0v) is 10.7. The summed E-state index contributed by atoms with van der Waals surface area (Å²) < 4.78 is 13.0. The van der Waals surface area contributed by atoms with E-state index in [-0.39, 0.29) is 11.7 Å². The number of hydrogen-bond donors (Lipinski definition) is 2. The first-order valence-electron chi connectivity index (χ1n) is 5.77. The Morgan fingerprint density at radius 1 is 1.26 bits per heavy atom. The number of carbonyl (C=O) groups excluding carboxylic acids is 1. The maximum Gasteiger partial charge on any atom is 0.257 e. The van der Waals surface area contributed by atoms with E-state index < -0.39 is 0 Å². The number of anilines is 2. The summed E-state index contributed by atoms with van der Waals surface area (Å²) in [7, 11) is 0. The fourth-order valence-corrected chi connectivity index (χ4v) is 1.70. The van der Waals surface area contributed by atoms with Crippen LogP contribution in [0.1, 0.15) is 21.5 Å². The van der Waals surface area contributed by atoms with E-state index in [2.05, 4.69) is 10.3 Å². The summed E-state index contributed by atoms with van der Waals surface area (Å²) in [6.45, 7) is 3.51. The fourth-order valence-electron chi connectivity index (χ4n) is 1.70. The van der Waals surface area contributed by atoms with Crippen molar-refractivity contribution in [3.05, 3.63) is 53.0 Å². The van der Waals surface area contributed by atoms with Crippen LogP contribution in [0.15, 0.2) is 30.5 Å². The highest BCUT2D eigenvalue weighted by Crippen LogP contribution is 2.16. The molecule has 1 aromatic heterocycles. The van der Waals surface area contributed by atoms with Gasteiger partial charge in [-0.05, 0) is 49.2 Å². The van der Waals surface area contributed by atoms with Gasteiger partial charge in [0.05, 0.1) is 11.9 Å². The third-order valence-corrected chi connectivity index (χ3v) is 2.83. The van der Waals surface area contributed by atoms with Crippen molar-refractivity contribution in [1.29, 1.82) is 0 Å². The monoisotopic (exact) mass is 259 g/mol. The molecule has 0 unspecified atom stereocenters. The molecule has 5 heteroatoms. The van der Waals surface area contributed by atoms with Gasteiger partial charge in [-0.15, -0.1) is 0 Å². The van der Waals surface area contributed by atoms with Gasteiger partial charge in [0.15, 0.2) is 0 Å². The normalized spacial score (nSPS) is 10.3. The van der Waals surface area contributed by atoms with Gasteiger partial charge in [0.25, 0.3) is 5.91 Å². The molecule has 0 bridgehead atoms. The molecule has 0 aliphatic heterocycles. The Hall–Kier alpha value is -2.43. The van der Waals surface area contributed by atoms with E-state index in [1.54, 1.807) is 13.0 Å². The van der Waals surface area contributed by atoms with Crippen molar-refractivity contribution < 1.29 is 9.18 Å². The lowest BCUT2D eigenvalue weighted by Gasteiger charge is -2.08. The number of nitrogens with one attached hydrogen (secondary N) is 1. The second-order valence-corrected chi connectivity index (χ2v) is 4.34. The lowest BCUT2D eigenvalue weighted by atomic mass is 10.1. The Bertz CT molecular complexity index is 641. The predicted molar refractivity (Wildman–Crippen MR) is 72.5 cm³/mol. The van der Waals surface area contributed by atoms with E-state index in [0.717, 1.165) is 5.56 Å².